The predicted molar refractivity (Wildman–Crippen MR) is 55.4 cm³/mol. The second-order valence-corrected chi connectivity index (χ2v) is 4.16. The van der Waals surface area contributed by atoms with Crippen LogP contribution < -0.4 is 0 Å². The number of rotatable bonds is 5. The molecule has 0 saturated carbocycles. The highest BCUT2D eigenvalue weighted by molar-refractivity contribution is 5.69. The number of hydrogen-bond donors (Lipinski definition) is 1. The average molecular weight is 216 g/mol. The van der Waals surface area contributed by atoms with E-state index in [4.69, 9.17) is 9.84 Å². The highest BCUT2D eigenvalue weighted by Crippen LogP contribution is 2.25. The Hall–Kier alpha value is -0.610. The van der Waals surface area contributed by atoms with E-state index in [-0.39, 0.29) is 24.3 Å². The number of methoxy groups -OCH3 is 1. The lowest BCUT2D eigenvalue weighted by molar-refractivity contribution is -0.143. The summed E-state index contributed by atoms with van der Waals surface area (Å²) in [7, 11) is 1.39. The van der Waals surface area contributed by atoms with Gasteiger partial charge in [-0.25, -0.2) is 0 Å². The fourth-order valence-corrected chi connectivity index (χ4v) is 1.84. The highest BCUT2D eigenvalue weighted by atomic mass is 16.5. The quantitative estimate of drug-likeness (QED) is 0.703. The number of carbonyl (C=O) groups excluding carboxylic acids is 1. The number of aliphatic hydroxyl groups is 1. The van der Waals surface area contributed by atoms with Gasteiger partial charge in [0.15, 0.2) is 0 Å². The molecule has 0 amide bonds. The summed E-state index contributed by atoms with van der Waals surface area (Å²) in [4.78, 5) is 11.0. The first-order valence-corrected chi connectivity index (χ1v) is 5.52. The van der Waals surface area contributed by atoms with Crippen molar-refractivity contribution in [1.29, 1.82) is 0 Å². The van der Waals surface area contributed by atoms with E-state index >= 15 is 0 Å². The molecule has 3 atom stereocenters. The van der Waals surface area contributed by atoms with E-state index in [1.54, 1.807) is 6.92 Å². The Morgan fingerprint density at radius 3 is 2.80 bits per heavy atom. The third-order valence-corrected chi connectivity index (χ3v) is 2.72. The van der Waals surface area contributed by atoms with Crippen LogP contribution in [0.25, 0.3) is 0 Å². The molecular weight excluding hydrogens is 196 g/mol. The molecule has 0 spiro atoms. The second kappa shape index (κ2) is 6.08. The van der Waals surface area contributed by atoms with Crippen molar-refractivity contribution in [2.24, 2.45) is 0 Å². The lowest BCUT2D eigenvalue weighted by Crippen LogP contribution is -2.17. The first-order valence-electron chi connectivity index (χ1n) is 5.52. The van der Waals surface area contributed by atoms with Gasteiger partial charge in [0.05, 0.1) is 31.8 Å². The lowest BCUT2D eigenvalue weighted by Gasteiger charge is -2.13. The average Bonchev–Trinajstić information content (AvgIpc) is 2.62. The zero-order valence-corrected chi connectivity index (χ0v) is 9.44. The van der Waals surface area contributed by atoms with E-state index < -0.39 is 0 Å². The predicted octanol–water partition coefficient (Wildman–Crippen LogP) is 1.26. The van der Waals surface area contributed by atoms with Gasteiger partial charge in [-0.15, -0.1) is 0 Å². The van der Waals surface area contributed by atoms with Gasteiger partial charge in [-0.2, -0.15) is 0 Å². The molecule has 0 bridgehead atoms. The lowest BCUT2D eigenvalue weighted by atomic mass is 10.1. The van der Waals surface area contributed by atoms with Gasteiger partial charge in [-0.1, -0.05) is 0 Å². The van der Waals surface area contributed by atoms with Crippen LogP contribution in [0.2, 0.25) is 0 Å². The maximum Gasteiger partial charge on any atom is 0.308 e. The molecule has 0 aromatic rings. The van der Waals surface area contributed by atoms with Gasteiger partial charge < -0.3 is 14.6 Å². The SMILES string of the molecule is COC(=O)CC1CCC(CCC(C)O)O1. The van der Waals surface area contributed by atoms with Gasteiger partial charge in [0, 0.05) is 0 Å². The summed E-state index contributed by atoms with van der Waals surface area (Å²) < 4.78 is 10.3. The number of aliphatic hydroxyl groups excluding tert-OH is 1. The van der Waals surface area contributed by atoms with Gasteiger partial charge in [0.25, 0.3) is 0 Å². The number of ether oxygens (including phenoxy) is 2. The van der Waals surface area contributed by atoms with Crippen LogP contribution >= 0.6 is 0 Å². The minimum absolute atomic E-state index is 0.0106. The Labute approximate surface area is 90.6 Å². The van der Waals surface area contributed by atoms with Crippen LogP contribution in [0.15, 0.2) is 0 Å². The van der Waals surface area contributed by atoms with Gasteiger partial charge in [-0.3, -0.25) is 4.79 Å². The molecule has 4 heteroatoms. The summed E-state index contributed by atoms with van der Waals surface area (Å²) in [6.45, 7) is 1.78. The fourth-order valence-electron chi connectivity index (χ4n) is 1.84. The molecule has 0 radical (unpaired) electrons. The third-order valence-electron chi connectivity index (χ3n) is 2.72. The van der Waals surface area contributed by atoms with E-state index in [0.29, 0.717) is 6.42 Å². The first-order chi connectivity index (χ1) is 7.11. The molecule has 0 aromatic heterocycles. The van der Waals surface area contributed by atoms with Crippen molar-refractivity contribution < 1.29 is 19.4 Å². The van der Waals surface area contributed by atoms with Crippen molar-refractivity contribution in [2.45, 2.75) is 57.3 Å². The summed E-state index contributed by atoms with van der Waals surface area (Å²) in [5.41, 5.74) is 0. The van der Waals surface area contributed by atoms with E-state index in [1.165, 1.54) is 7.11 Å². The van der Waals surface area contributed by atoms with Crippen LogP contribution in [0.1, 0.15) is 39.0 Å². The maximum atomic E-state index is 11.0. The summed E-state index contributed by atoms with van der Waals surface area (Å²) in [6.07, 6.45) is 3.82. The molecular formula is C11H20O4. The molecule has 1 rings (SSSR count). The molecule has 4 nitrogen and oxygen atoms in total. The van der Waals surface area contributed by atoms with Crippen molar-refractivity contribution in [1.82, 2.24) is 0 Å². The minimum atomic E-state index is -0.270. The van der Waals surface area contributed by atoms with Crippen LogP contribution in [0.4, 0.5) is 0 Å². The topological polar surface area (TPSA) is 55.8 Å². The second-order valence-electron chi connectivity index (χ2n) is 4.16. The van der Waals surface area contributed by atoms with E-state index in [9.17, 15) is 4.79 Å². The van der Waals surface area contributed by atoms with Crippen molar-refractivity contribution in [2.75, 3.05) is 7.11 Å². The molecule has 1 saturated heterocycles. The minimum Gasteiger partial charge on any atom is -0.469 e. The van der Waals surface area contributed by atoms with Crippen LogP contribution in [0.3, 0.4) is 0 Å². The highest BCUT2D eigenvalue weighted by Gasteiger charge is 2.27. The largest absolute Gasteiger partial charge is 0.469 e. The Kier molecular flexibility index (Phi) is 5.05. The van der Waals surface area contributed by atoms with E-state index in [2.05, 4.69) is 4.74 Å². The van der Waals surface area contributed by atoms with Crippen LogP contribution in [0, 0.1) is 0 Å². The first kappa shape index (κ1) is 12.5. The van der Waals surface area contributed by atoms with Crippen molar-refractivity contribution >= 4 is 5.97 Å². The van der Waals surface area contributed by atoms with Crippen molar-refractivity contribution in [3.63, 3.8) is 0 Å². The zero-order valence-electron chi connectivity index (χ0n) is 9.44. The smallest absolute Gasteiger partial charge is 0.308 e. The van der Waals surface area contributed by atoms with Gasteiger partial charge in [-0.05, 0) is 32.6 Å². The Balaban J connectivity index is 2.18. The number of carbonyl (C=O) groups is 1. The molecule has 1 aliphatic heterocycles. The molecule has 0 aromatic carbocycles. The Bertz CT molecular complexity index is 203. The monoisotopic (exact) mass is 216 g/mol. The van der Waals surface area contributed by atoms with Crippen LogP contribution in [0.5, 0.6) is 0 Å². The summed E-state index contributed by atoms with van der Waals surface area (Å²) in [5.74, 6) is -0.212. The van der Waals surface area contributed by atoms with Crippen LogP contribution in [-0.4, -0.2) is 36.5 Å². The van der Waals surface area contributed by atoms with E-state index in [1.807, 2.05) is 0 Å². The molecule has 88 valence electrons. The maximum absolute atomic E-state index is 11.0. The molecule has 0 aliphatic carbocycles. The molecule has 1 fully saturated rings. The summed E-state index contributed by atoms with van der Waals surface area (Å²) in [5, 5.41) is 9.13. The third kappa shape index (κ3) is 4.62. The zero-order chi connectivity index (χ0) is 11.3. The Morgan fingerprint density at radius 1 is 1.53 bits per heavy atom. The van der Waals surface area contributed by atoms with Crippen molar-refractivity contribution in [3.8, 4) is 0 Å². The van der Waals surface area contributed by atoms with Gasteiger partial charge in [0.2, 0.25) is 0 Å². The number of hydrogen-bond acceptors (Lipinski definition) is 4. The van der Waals surface area contributed by atoms with Crippen LogP contribution in [-0.2, 0) is 14.3 Å². The molecule has 1 heterocycles. The molecule has 1 aliphatic rings. The fraction of sp³-hybridized carbons (Fsp3) is 0.909. The van der Waals surface area contributed by atoms with Crippen molar-refractivity contribution in [3.05, 3.63) is 0 Å². The van der Waals surface area contributed by atoms with Gasteiger partial charge >= 0.3 is 5.97 Å². The molecule has 15 heavy (non-hydrogen) atoms. The van der Waals surface area contributed by atoms with Gasteiger partial charge in [0.1, 0.15) is 0 Å². The molecule has 3 unspecified atom stereocenters. The van der Waals surface area contributed by atoms with E-state index in [0.717, 1.165) is 25.7 Å². The molecule has 1 N–H and O–H groups in total. The summed E-state index contributed by atoms with van der Waals surface area (Å²) in [6, 6.07) is 0. The standard InChI is InChI=1S/C11H20O4/c1-8(12)3-4-9-5-6-10(15-9)7-11(13)14-2/h8-10,12H,3-7H2,1-2H3. The Morgan fingerprint density at radius 2 is 2.20 bits per heavy atom. The normalized spacial score (nSPS) is 27.7. The number of esters is 1. The summed E-state index contributed by atoms with van der Waals surface area (Å²) >= 11 is 0.